The molecule has 0 radical (unpaired) electrons. The van der Waals surface area contributed by atoms with E-state index in [0.29, 0.717) is 0 Å². The minimum atomic E-state index is -0.265. The lowest BCUT2D eigenvalue weighted by molar-refractivity contribution is -0.121. The summed E-state index contributed by atoms with van der Waals surface area (Å²) >= 11 is 0. The quantitative estimate of drug-likeness (QED) is 0.691. The second-order valence-corrected chi connectivity index (χ2v) is 5.07. The predicted molar refractivity (Wildman–Crippen MR) is 55.3 cm³/mol. The van der Waals surface area contributed by atoms with Gasteiger partial charge in [0.25, 0.3) is 0 Å². The van der Waals surface area contributed by atoms with Gasteiger partial charge in [-0.15, -0.1) is 0 Å². The molecule has 0 saturated heterocycles. The molecule has 1 amide bonds. The first-order valence-electron chi connectivity index (χ1n) is 4.77. The monoisotopic (exact) mass is 186 g/mol. The van der Waals surface area contributed by atoms with Crippen LogP contribution >= 0.6 is 0 Å². The van der Waals surface area contributed by atoms with E-state index in [1.54, 1.807) is 0 Å². The fraction of sp³-hybridized carbons (Fsp3) is 0.900. The van der Waals surface area contributed by atoms with E-state index >= 15 is 0 Å². The Bertz CT molecular complexity index is 170. The molecule has 1 atom stereocenters. The largest absolute Gasteiger partial charge is 0.368 e. The lowest BCUT2D eigenvalue weighted by Crippen LogP contribution is -2.47. The third-order valence-electron chi connectivity index (χ3n) is 1.83. The Hall–Kier alpha value is -0.570. The standard InChI is InChI=1S/C10H22N2O/c1-7(2)8(9(11)13)12-6-10(3,4)5/h7-8,12H,6H2,1-5H3,(H2,11,13)/t8-/m0/s1. The van der Waals surface area contributed by atoms with E-state index in [9.17, 15) is 4.79 Å². The van der Waals surface area contributed by atoms with Crippen molar-refractivity contribution in [2.75, 3.05) is 6.54 Å². The maximum Gasteiger partial charge on any atom is 0.234 e. The molecule has 0 rings (SSSR count). The van der Waals surface area contributed by atoms with Crippen molar-refractivity contribution in [3.05, 3.63) is 0 Å². The van der Waals surface area contributed by atoms with Gasteiger partial charge in [-0.1, -0.05) is 34.6 Å². The molecule has 0 aliphatic heterocycles. The van der Waals surface area contributed by atoms with E-state index in [2.05, 4.69) is 26.1 Å². The van der Waals surface area contributed by atoms with Crippen LogP contribution in [-0.4, -0.2) is 18.5 Å². The molecule has 13 heavy (non-hydrogen) atoms. The van der Waals surface area contributed by atoms with Crippen LogP contribution in [0, 0.1) is 11.3 Å². The van der Waals surface area contributed by atoms with E-state index in [4.69, 9.17) is 5.73 Å². The Balaban J connectivity index is 4.06. The predicted octanol–water partition coefficient (Wildman–Crippen LogP) is 1.13. The molecule has 0 bridgehead atoms. The van der Waals surface area contributed by atoms with Crippen molar-refractivity contribution in [2.45, 2.75) is 40.7 Å². The van der Waals surface area contributed by atoms with Gasteiger partial charge in [-0.3, -0.25) is 4.79 Å². The van der Waals surface area contributed by atoms with Crippen LogP contribution in [0.2, 0.25) is 0 Å². The Morgan fingerprint density at radius 3 is 2.08 bits per heavy atom. The SMILES string of the molecule is CC(C)[C@H](NCC(C)(C)C)C(N)=O. The van der Waals surface area contributed by atoms with E-state index in [1.807, 2.05) is 13.8 Å². The fourth-order valence-corrected chi connectivity index (χ4v) is 1.08. The van der Waals surface area contributed by atoms with Gasteiger partial charge in [-0.05, 0) is 11.3 Å². The van der Waals surface area contributed by atoms with Crippen molar-refractivity contribution < 1.29 is 4.79 Å². The third kappa shape index (κ3) is 5.64. The number of carbonyl (C=O) groups excluding carboxylic acids is 1. The van der Waals surface area contributed by atoms with Crippen LogP contribution in [0.15, 0.2) is 0 Å². The Kier molecular flexibility index (Phi) is 4.40. The zero-order valence-electron chi connectivity index (χ0n) is 9.35. The number of nitrogens with two attached hydrogens (primary N) is 1. The summed E-state index contributed by atoms with van der Waals surface area (Å²) in [4.78, 5) is 11.0. The highest BCUT2D eigenvalue weighted by Gasteiger charge is 2.21. The lowest BCUT2D eigenvalue weighted by atomic mass is 9.95. The highest BCUT2D eigenvalue weighted by Crippen LogP contribution is 2.12. The summed E-state index contributed by atoms with van der Waals surface area (Å²) < 4.78 is 0. The Labute approximate surface area is 81.1 Å². The lowest BCUT2D eigenvalue weighted by Gasteiger charge is -2.25. The number of nitrogens with one attached hydrogen (secondary N) is 1. The molecule has 0 aliphatic rings. The zero-order chi connectivity index (χ0) is 10.6. The first-order chi connectivity index (χ1) is 5.74. The van der Waals surface area contributed by atoms with E-state index in [0.717, 1.165) is 6.54 Å². The third-order valence-corrected chi connectivity index (χ3v) is 1.83. The number of rotatable bonds is 4. The van der Waals surface area contributed by atoms with Gasteiger partial charge in [0.05, 0.1) is 6.04 Å². The Morgan fingerprint density at radius 1 is 1.38 bits per heavy atom. The molecule has 0 unspecified atom stereocenters. The van der Waals surface area contributed by atoms with Gasteiger partial charge in [-0.25, -0.2) is 0 Å². The molecule has 3 nitrogen and oxygen atoms in total. The van der Waals surface area contributed by atoms with Gasteiger partial charge in [-0.2, -0.15) is 0 Å². The highest BCUT2D eigenvalue weighted by atomic mass is 16.1. The van der Waals surface area contributed by atoms with Gasteiger partial charge in [0.15, 0.2) is 0 Å². The average Bonchev–Trinajstić information content (AvgIpc) is 1.82. The number of primary amides is 1. The molecule has 78 valence electrons. The number of hydrogen-bond acceptors (Lipinski definition) is 2. The van der Waals surface area contributed by atoms with Gasteiger partial charge in [0.2, 0.25) is 5.91 Å². The van der Waals surface area contributed by atoms with E-state index < -0.39 is 0 Å². The molecule has 0 saturated carbocycles. The van der Waals surface area contributed by atoms with E-state index in [1.165, 1.54) is 0 Å². The summed E-state index contributed by atoms with van der Waals surface area (Å²) in [6, 6.07) is -0.209. The second kappa shape index (κ2) is 4.61. The van der Waals surface area contributed by atoms with Crippen LogP contribution in [-0.2, 0) is 4.79 Å². The van der Waals surface area contributed by atoms with Gasteiger partial charge in [0.1, 0.15) is 0 Å². The molecule has 0 aromatic heterocycles. The van der Waals surface area contributed by atoms with E-state index in [-0.39, 0.29) is 23.3 Å². The molecule has 3 N–H and O–H groups in total. The van der Waals surface area contributed by atoms with Crippen molar-refractivity contribution in [3.63, 3.8) is 0 Å². The number of amides is 1. The summed E-state index contributed by atoms with van der Waals surface area (Å²) in [5.74, 6) is -0.0147. The molecule has 0 spiro atoms. The maximum atomic E-state index is 11.0. The molecule has 0 fully saturated rings. The van der Waals surface area contributed by atoms with Crippen molar-refractivity contribution in [1.29, 1.82) is 0 Å². The van der Waals surface area contributed by atoms with Crippen molar-refractivity contribution in [1.82, 2.24) is 5.32 Å². The summed E-state index contributed by atoms with van der Waals surface area (Å²) in [5, 5.41) is 3.18. The highest BCUT2D eigenvalue weighted by molar-refractivity contribution is 5.80. The maximum absolute atomic E-state index is 11.0. The first-order valence-corrected chi connectivity index (χ1v) is 4.77. The minimum Gasteiger partial charge on any atom is -0.368 e. The van der Waals surface area contributed by atoms with Crippen molar-refractivity contribution in [2.24, 2.45) is 17.1 Å². The average molecular weight is 186 g/mol. The topological polar surface area (TPSA) is 55.1 Å². The molecular weight excluding hydrogens is 164 g/mol. The summed E-state index contributed by atoms with van der Waals surface area (Å²) in [6.07, 6.45) is 0. The Morgan fingerprint density at radius 2 is 1.85 bits per heavy atom. The van der Waals surface area contributed by atoms with Gasteiger partial charge in [0, 0.05) is 6.54 Å². The van der Waals surface area contributed by atoms with Crippen molar-refractivity contribution >= 4 is 5.91 Å². The van der Waals surface area contributed by atoms with Crippen LogP contribution in [0.3, 0.4) is 0 Å². The summed E-state index contributed by atoms with van der Waals surface area (Å²) in [6.45, 7) is 11.2. The molecule has 0 aromatic rings. The van der Waals surface area contributed by atoms with Crippen LogP contribution < -0.4 is 11.1 Å². The van der Waals surface area contributed by atoms with Crippen LogP contribution in [0.1, 0.15) is 34.6 Å². The second-order valence-electron chi connectivity index (χ2n) is 5.07. The fourth-order valence-electron chi connectivity index (χ4n) is 1.08. The molecular formula is C10H22N2O. The summed E-state index contributed by atoms with van der Waals surface area (Å²) in [7, 11) is 0. The minimum absolute atomic E-state index is 0.183. The van der Waals surface area contributed by atoms with Crippen LogP contribution in [0.25, 0.3) is 0 Å². The smallest absolute Gasteiger partial charge is 0.234 e. The molecule has 0 aliphatic carbocycles. The number of hydrogen-bond donors (Lipinski definition) is 2. The molecule has 0 heterocycles. The van der Waals surface area contributed by atoms with Crippen LogP contribution in [0.4, 0.5) is 0 Å². The summed E-state index contributed by atoms with van der Waals surface area (Å²) in [5.41, 5.74) is 5.45. The van der Waals surface area contributed by atoms with Gasteiger partial charge < -0.3 is 11.1 Å². The van der Waals surface area contributed by atoms with Gasteiger partial charge >= 0.3 is 0 Å². The molecule has 3 heteroatoms. The zero-order valence-corrected chi connectivity index (χ0v) is 9.35. The first kappa shape index (κ1) is 12.4. The number of carbonyl (C=O) groups is 1. The van der Waals surface area contributed by atoms with Crippen LogP contribution in [0.5, 0.6) is 0 Å². The molecule has 0 aromatic carbocycles. The normalized spacial score (nSPS) is 14.6. The van der Waals surface area contributed by atoms with Crippen molar-refractivity contribution in [3.8, 4) is 0 Å².